The first kappa shape index (κ1) is 27.9. The van der Waals surface area contributed by atoms with Gasteiger partial charge >= 0.3 is 11.9 Å². The maximum absolute atomic E-state index is 12.0. The van der Waals surface area contributed by atoms with Crippen molar-refractivity contribution in [3.05, 3.63) is 86.9 Å². The van der Waals surface area contributed by atoms with Crippen LogP contribution in [0, 0.1) is 0 Å². The number of esters is 1. The van der Waals surface area contributed by atoms with Crippen LogP contribution in [0.5, 0.6) is 11.5 Å². The van der Waals surface area contributed by atoms with Crippen molar-refractivity contribution in [3.8, 4) is 11.5 Å². The molecular weight excluding hydrogens is 614 g/mol. The number of nitrogens with one attached hydrogen (secondary N) is 2. The molecule has 0 spiro atoms. The van der Waals surface area contributed by atoms with Crippen LogP contribution < -0.4 is 10.1 Å². The predicted molar refractivity (Wildman–Crippen MR) is 156 cm³/mol. The highest BCUT2D eigenvalue weighted by atomic mass is 79.9. The standard InChI is InChI=1S/C29H29Br2N3O4/c1-3-12-34(17-19-8-6-5-7-9-19)18-20-16-32-26-11-10-22(15-23(20)26)38-27-24(30)13-21(14-25(27)31)33-28(35)29(36)37-4-2/h5-11,13-16,32H,3-4,12,17-18H2,1-2H3,(H,33,35). The molecule has 38 heavy (non-hydrogen) atoms. The molecular formula is C29H29Br2N3O4. The Morgan fingerprint density at radius 1 is 0.974 bits per heavy atom. The molecule has 4 aromatic rings. The monoisotopic (exact) mass is 641 g/mol. The van der Waals surface area contributed by atoms with Gasteiger partial charge < -0.3 is 19.8 Å². The third kappa shape index (κ3) is 7.03. The number of hydrogen-bond acceptors (Lipinski definition) is 5. The summed E-state index contributed by atoms with van der Waals surface area (Å²) in [4.78, 5) is 29.5. The lowest BCUT2D eigenvalue weighted by Crippen LogP contribution is -2.25. The smallest absolute Gasteiger partial charge is 0.397 e. The first-order valence-corrected chi connectivity index (χ1v) is 14.0. The summed E-state index contributed by atoms with van der Waals surface area (Å²) in [5.41, 5.74) is 3.96. The van der Waals surface area contributed by atoms with E-state index in [0.717, 1.165) is 37.0 Å². The van der Waals surface area contributed by atoms with Crippen molar-refractivity contribution >= 4 is 60.3 Å². The van der Waals surface area contributed by atoms with Crippen LogP contribution in [0.3, 0.4) is 0 Å². The van der Waals surface area contributed by atoms with Gasteiger partial charge in [0.2, 0.25) is 0 Å². The van der Waals surface area contributed by atoms with Crippen LogP contribution in [0.1, 0.15) is 31.4 Å². The number of halogens is 2. The highest BCUT2D eigenvalue weighted by molar-refractivity contribution is 9.11. The molecule has 0 aliphatic carbocycles. The van der Waals surface area contributed by atoms with Crippen molar-refractivity contribution in [1.82, 2.24) is 9.88 Å². The van der Waals surface area contributed by atoms with Crippen LogP contribution in [0.25, 0.3) is 10.9 Å². The molecule has 0 aliphatic heterocycles. The largest absolute Gasteiger partial charge is 0.459 e. The Bertz CT molecular complexity index is 1400. The normalized spacial score (nSPS) is 11.1. The van der Waals surface area contributed by atoms with E-state index in [2.05, 4.69) is 84.4 Å². The third-order valence-electron chi connectivity index (χ3n) is 5.86. The Morgan fingerprint density at radius 2 is 1.71 bits per heavy atom. The summed E-state index contributed by atoms with van der Waals surface area (Å²) in [6, 6.07) is 19.8. The molecule has 3 aromatic carbocycles. The molecule has 1 aromatic heterocycles. The average molecular weight is 643 g/mol. The van der Waals surface area contributed by atoms with Gasteiger partial charge in [-0.2, -0.15) is 0 Å². The van der Waals surface area contributed by atoms with E-state index in [1.165, 1.54) is 11.1 Å². The molecule has 0 atom stereocenters. The molecule has 7 nitrogen and oxygen atoms in total. The second-order valence-corrected chi connectivity index (χ2v) is 10.5. The summed E-state index contributed by atoms with van der Waals surface area (Å²) >= 11 is 7.03. The van der Waals surface area contributed by atoms with Crippen LogP contribution in [0.15, 0.2) is 75.8 Å². The van der Waals surface area contributed by atoms with Crippen LogP contribution in [0.4, 0.5) is 5.69 Å². The number of anilines is 1. The van der Waals surface area contributed by atoms with E-state index in [9.17, 15) is 9.59 Å². The van der Waals surface area contributed by atoms with Gasteiger partial charge in [-0.1, -0.05) is 37.3 Å². The van der Waals surface area contributed by atoms with E-state index >= 15 is 0 Å². The number of aromatic amines is 1. The third-order valence-corrected chi connectivity index (χ3v) is 7.04. The van der Waals surface area contributed by atoms with E-state index < -0.39 is 11.9 Å². The fraction of sp³-hybridized carbons (Fsp3) is 0.241. The minimum Gasteiger partial charge on any atom is -0.459 e. The molecule has 0 saturated carbocycles. The van der Waals surface area contributed by atoms with Crippen LogP contribution in [0.2, 0.25) is 0 Å². The maximum atomic E-state index is 12.0. The molecule has 2 N–H and O–H groups in total. The summed E-state index contributed by atoms with van der Waals surface area (Å²) in [6.07, 6.45) is 3.14. The van der Waals surface area contributed by atoms with Gasteiger partial charge in [0.05, 0.1) is 15.6 Å². The highest BCUT2D eigenvalue weighted by Crippen LogP contribution is 2.40. The molecule has 0 saturated heterocycles. The van der Waals surface area contributed by atoms with Gasteiger partial charge in [0.1, 0.15) is 5.75 Å². The zero-order valence-electron chi connectivity index (χ0n) is 21.2. The Kier molecular flexibility index (Phi) is 9.60. The summed E-state index contributed by atoms with van der Waals surface area (Å²) in [5, 5.41) is 3.63. The number of carbonyl (C=O) groups is 2. The molecule has 0 unspecified atom stereocenters. The quantitative estimate of drug-likeness (QED) is 0.139. The SMILES string of the molecule is CCCN(Cc1ccccc1)Cc1c[nH]c2ccc(Oc3c(Br)cc(NC(=O)C(=O)OCC)cc3Br)cc12. The van der Waals surface area contributed by atoms with Crippen molar-refractivity contribution in [3.63, 3.8) is 0 Å². The van der Waals surface area contributed by atoms with Crippen molar-refractivity contribution in [2.45, 2.75) is 33.4 Å². The van der Waals surface area contributed by atoms with Crippen LogP contribution >= 0.6 is 31.9 Å². The Labute approximate surface area is 238 Å². The molecule has 0 aliphatic rings. The lowest BCUT2D eigenvalue weighted by Gasteiger charge is -2.21. The van der Waals surface area contributed by atoms with Crippen molar-refractivity contribution in [1.29, 1.82) is 0 Å². The van der Waals surface area contributed by atoms with E-state index in [1.807, 2.05) is 24.3 Å². The van der Waals surface area contributed by atoms with Gasteiger partial charge in [0.25, 0.3) is 0 Å². The summed E-state index contributed by atoms with van der Waals surface area (Å²) in [7, 11) is 0. The molecule has 0 radical (unpaired) electrons. The second kappa shape index (κ2) is 13.1. The topological polar surface area (TPSA) is 83.7 Å². The van der Waals surface area contributed by atoms with Crippen LogP contribution in [-0.4, -0.2) is 34.9 Å². The molecule has 0 fully saturated rings. The molecule has 198 valence electrons. The summed E-state index contributed by atoms with van der Waals surface area (Å²) in [5.74, 6) is -0.550. The first-order valence-electron chi connectivity index (χ1n) is 12.4. The molecule has 9 heteroatoms. The predicted octanol–water partition coefficient (Wildman–Crippen LogP) is 7.40. The lowest BCUT2D eigenvalue weighted by molar-refractivity contribution is -0.152. The number of carbonyl (C=O) groups excluding carboxylic acids is 2. The minimum atomic E-state index is -0.933. The number of hydrogen-bond donors (Lipinski definition) is 2. The number of nitrogens with zero attached hydrogens (tertiary/aromatic N) is 1. The van der Waals surface area contributed by atoms with Gasteiger partial charge in [-0.3, -0.25) is 9.69 Å². The lowest BCUT2D eigenvalue weighted by atomic mass is 10.1. The average Bonchev–Trinajstić information content (AvgIpc) is 3.29. The molecule has 1 amide bonds. The summed E-state index contributed by atoms with van der Waals surface area (Å²) < 4.78 is 12.2. The number of fused-ring (bicyclic) bond motifs is 1. The minimum absolute atomic E-state index is 0.128. The molecule has 0 bridgehead atoms. The van der Waals surface area contributed by atoms with Gasteiger partial charge in [-0.25, -0.2) is 4.79 Å². The van der Waals surface area contributed by atoms with E-state index in [-0.39, 0.29) is 6.61 Å². The zero-order valence-corrected chi connectivity index (χ0v) is 24.4. The van der Waals surface area contributed by atoms with E-state index in [1.54, 1.807) is 19.1 Å². The second-order valence-electron chi connectivity index (χ2n) is 8.76. The van der Waals surface area contributed by atoms with Gasteiger partial charge in [-0.05, 0) is 93.2 Å². The Hall–Kier alpha value is -3.14. The fourth-order valence-corrected chi connectivity index (χ4v) is 5.54. The van der Waals surface area contributed by atoms with E-state index in [0.29, 0.717) is 26.1 Å². The fourth-order valence-electron chi connectivity index (χ4n) is 4.19. The van der Waals surface area contributed by atoms with Crippen LogP contribution in [-0.2, 0) is 27.4 Å². The van der Waals surface area contributed by atoms with Crippen molar-refractivity contribution in [2.24, 2.45) is 0 Å². The Balaban J connectivity index is 1.52. The number of benzene rings is 3. The number of rotatable bonds is 10. The van der Waals surface area contributed by atoms with Gasteiger partial charge in [0.15, 0.2) is 5.75 Å². The maximum Gasteiger partial charge on any atom is 0.397 e. The number of ether oxygens (including phenoxy) is 2. The highest BCUT2D eigenvalue weighted by Gasteiger charge is 2.18. The van der Waals surface area contributed by atoms with Crippen molar-refractivity contribution in [2.75, 3.05) is 18.5 Å². The number of aromatic nitrogens is 1. The Morgan fingerprint density at radius 3 is 2.39 bits per heavy atom. The van der Waals surface area contributed by atoms with Gasteiger partial charge in [-0.15, -0.1) is 0 Å². The number of H-pyrrole nitrogens is 1. The zero-order chi connectivity index (χ0) is 27.1. The molecule has 4 rings (SSSR count). The summed E-state index contributed by atoms with van der Waals surface area (Å²) in [6.45, 7) is 6.66. The van der Waals surface area contributed by atoms with Crippen molar-refractivity contribution < 1.29 is 19.1 Å². The van der Waals surface area contributed by atoms with E-state index in [4.69, 9.17) is 9.47 Å². The first-order chi connectivity index (χ1) is 18.4. The van der Waals surface area contributed by atoms with Gasteiger partial charge in [0, 0.05) is 35.9 Å². The molecule has 1 heterocycles. The number of amides is 1.